The summed E-state index contributed by atoms with van der Waals surface area (Å²) >= 11 is 0.406. The lowest BCUT2D eigenvalue weighted by Crippen LogP contribution is -2.58. The van der Waals surface area contributed by atoms with Crippen LogP contribution in [0.15, 0.2) is 36.4 Å². The number of alkyl halides is 6. The van der Waals surface area contributed by atoms with Gasteiger partial charge in [0.25, 0.3) is 0 Å². The normalized spacial score (nSPS) is 17.8. The number of anilines is 1. The maximum Gasteiger partial charge on any atom is 0.479 e. The molecule has 0 amide bonds. The zero-order valence-electron chi connectivity index (χ0n) is 19.5. The maximum atomic E-state index is 14.1. The SMILES string of the molecule is CC(C)(C)Oc1cc(OSC(F)(F)F)cc(N2CCN(SCc3ccc(F)cc3)CC2C(F)(F)F)n1. The first-order chi connectivity index (χ1) is 16.6. The topological polar surface area (TPSA) is 37.8 Å². The van der Waals surface area contributed by atoms with Crippen molar-refractivity contribution in [2.45, 2.75) is 49.9 Å². The van der Waals surface area contributed by atoms with Gasteiger partial charge in [-0.1, -0.05) is 24.1 Å². The van der Waals surface area contributed by atoms with Gasteiger partial charge in [0.2, 0.25) is 5.88 Å². The molecule has 1 atom stereocenters. The molecule has 1 unspecified atom stereocenters. The van der Waals surface area contributed by atoms with E-state index in [0.29, 0.717) is 5.75 Å². The lowest BCUT2D eigenvalue weighted by Gasteiger charge is -2.42. The number of benzene rings is 1. The van der Waals surface area contributed by atoms with Crippen molar-refractivity contribution in [3.8, 4) is 11.6 Å². The molecule has 36 heavy (non-hydrogen) atoms. The summed E-state index contributed by atoms with van der Waals surface area (Å²) in [6.45, 7) is 4.72. The van der Waals surface area contributed by atoms with Gasteiger partial charge in [0, 0.05) is 37.5 Å². The molecule has 0 bridgehead atoms. The first kappa shape index (κ1) is 28.5. The molecular formula is C22H24F7N3O2S2. The summed E-state index contributed by atoms with van der Waals surface area (Å²) in [5.74, 6) is -0.760. The van der Waals surface area contributed by atoms with Gasteiger partial charge in [-0.2, -0.15) is 31.3 Å². The van der Waals surface area contributed by atoms with Crippen LogP contribution in [0.25, 0.3) is 0 Å². The molecule has 3 rings (SSSR count). The Labute approximate surface area is 212 Å². The third-order valence-corrected chi connectivity index (χ3v) is 6.37. The predicted molar refractivity (Wildman–Crippen MR) is 125 cm³/mol. The Morgan fingerprint density at radius 2 is 1.67 bits per heavy atom. The van der Waals surface area contributed by atoms with Crippen molar-refractivity contribution in [1.82, 2.24) is 9.29 Å². The zero-order chi connectivity index (χ0) is 26.7. The number of ether oxygens (including phenoxy) is 1. The third-order valence-electron chi connectivity index (χ3n) is 4.75. The number of piperazine rings is 1. The van der Waals surface area contributed by atoms with Crippen LogP contribution in [0.2, 0.25) is 0 Å². The standard InChI is InChI=1S/C22H24F7N3O2S2/c1-20(2,3)33-19-11-16(34-36-22(27,28)29)10-18(30-19)32-9-8-31(12-17(32)21(24,25)26)35-13-14-4-6-15(23)7-5-14/h4-7,10-11,17H,8-9,12-13H2,1-3H3. The summed E-state index contributed by atoms with van der Waals surface area (Å²) in [5.41, 5.74) is -4.76. The number of hydrogen-bond donors (Lipinski definition) is 0. The van der Waals surface area contributed by atoms with Gasteiger partial charge in [-0.25, -0.2) is 8.70 Å². The van der Waals surface area contributed by atoms with E-state index < -0.39 is 47.7 Å². The molecule has 0 saturated carbocycles. The summed E-state index contributed by atoms with van der Waals surface area (Å²) < 4.78 is 105. The number of halogens is 7. The fourth-order valence-electron chi connectivity index (χ4n) is 3.30. The monoisotopic (exact) mass is 559 g/mol. The van der Waals surface area contributed by atoms with Gasteiger partial charge < -0.3 is 13.8 Å². The molecule has 1 aliphatic rings. The lowest BCUT2D eigenvalue weighted by molar-refractivity contribution is -0.153. The molecule has 0 aliphatic carbocycles. The van der Waals surface area contributed by atoms with Crippen LogP contribution in [0, 0.1) is 5.82 Å². The number of aromatic nitrogens is 1. The summed E-state index contributed by atoms with van der Waals surface area (Å²) in [4.78, 5) is 5.15. The molecule has 1 aliphatic heterocycles. The maximum absolute atomic E-state index is 14.1. The minimum atomic E-state index is -4.71. The summed E-state index contributed by atoms with van der Waals surface area (Å²) in [5, 5.41) is 0. The first-order valence-electron chi connectivity index (χ1n) is 10.7. The van der Waals surface area contributed by atoms with Crippen LogP contribution in [0.3, 0.4) is 0 Å². The molecule has 1 saturated heterocycles. The van der Waals surface area contributed by atoms with Crippen molar-refractivity contribution in [3.05, 3.63) is 47.8 Å². The smallest absolute Gasteiger partial charge is 0.472 e. The highest BCUT2D eigenvalue weighted by Crippen LogP contribution is 2.38. The molecule has 0 radical (unpaired) electrons. The van der Waals surface area contributed by atoms with E-state index in [2.05, 4.69) is 4.98 Å². The molecule has 14 heteroatoms. The van der Waals surface area contributed by atoms with E-state index in [1.807, 2.05) is 0 Å². The molecule has 2 heterocycles. The van der Waals surface area contributed by atoms with Gasteiger partial charge in [-0.3, -0.25) is 0 Å². The molecule has 0 spiro atoms. The minimum Gasteiger partial charge on any atom is -0.472 e. The largest absolute Gasteiger partial charge is 0.479 e. The lowest BCUT2D eigenvalue weighted by atomic mass is 10.1. The fourth-order valence-corrected chi connectivity index (χ4v) is 4.57. The van der Waals surface area contributed by atoms with Gasteiger partial charge in [-0.15, -0.1) is 0 Å². The molecule has 1 fully saturated rings. The van der Waals surface area contributed by atoms with Gasteiger partial charge >= 0.3 is 11.7 Å². The second-order valence-corrected chi connectivity index (χ2v) is 10.7. The van der Waals surface area contributed by atoms with Crippen molar-refractivity contribution >= 4 is 29.8 Å². The Kier molecular flexibility index (Phi) is 8.82. The molecule has 2 aromatic rings. The molecule has 1 aromatic heterocycles. The fraction of sp³-hybridized carbons (Fsp3) is 0.500. The van der Waals surface area contributed by atoms with Crippen LogP contribution >= 0.6 is 24.0 Å². The predicted octanol–water partition coefficient (Wildman–Crippen LogP) is 6.85. The Morgan fingerprint density at radius 1 is 1.00 bits per heavy atom. The molecule has 1 aromatic carbocycles. The molecule has 200 valence electrons. The van der Waals surface area contributed by atoms with Crippen LogP contribution in [0.1, 0.15) is 26.3 Å². The highest BCUT2D eigenvalue weighted by Gasteiger charge is 2.47. The van der Waals surface area contributed by atoms with Crippen LogP contribution in [0.5, 0.6) is 11.6 Å². The second kappa shape index (κ2) is 11.1. The second-order valence-electron chi connectivity index (χ2n) is 8.86. The van der Waals surface area contributed by atoms with Crippen LogP contribution in [-0.4, -0.2) is 52.3 Å². The third kappa shape index (κ3) is 8.80. The first-order valence-corrected chi connectivity index (χ1v) is 12.4. The highest BCUT2D eigenvalue weighted by molar-refractivity contribution is 7.96. The van der Waals surface area contributed by atoms with E-state index in [4.69, 9.17) is 8.92 Å². The van der Waals surface area contributed by atoms with E-state index in [0.717, 1.165) is 22.6 Å². The number of pyridine rings is 1. The molecular weight excluding hydrogens is 535 g/mol. The van der Waals surface area contributed by atoms with E-state index in [9.17, 15) is 30.7 Å². The van der Waals surface area contributed by atoms with E-state index in [1.54, 1.807) is 37.2 Å². The number of nitrogens with zero attached hydrogens (tertiary/aromatic N) is 3. The molecule has 5 nitrogen and oxygen atoms in total. The van der Waals surface area contributed by atoms with Crippen molar-refractivity contribution in [3.63, 3.8) is 0 Å². The van der Waals surface area contributed by atoms with Crippen molar-refractivity contribution in [1.29, 1.82) is 0 Å². The quantitative estimate of drug-likeness (QED) is 0.209. The Hall–Kier alpha value is -2.06. The van der Waals surface area contributed by atoms with Crippen molar-refractivity contribution in [2.75, 3.05) is 24.5 Å². The summed E-state index contributed by atoms with van der Waals surface area (Å²) in [6.07, 6.45) is -4.65. The van der Waals surface area contributed by atoms with Gasteiger partial charge in [-0.05, 0) is 38.5 Å². The summed E-state index contributed by atoms with van der Waals surface area (Å²) in [6, 6.07) is 5.84. The van der Waals surface area contributed by atoms with Gasteiger partial charge in [0.05, 0.1) is 0 Å². The van der Waals surface area contributed by atoms with E-state index in [1.165, 1.54) is 24.1 Å². The van der Waals surface area contributed by atoms with Gasteiger partial charge in [0.15, 0.2) is 12.0 Å². The average molecular weight is 560 g/mol. The van der Waals surface area contributed by atoms with E-state index in [-0.39, 0.29) is 30.5 Å². The zero-order valence-corrected chi connectivity index (χ0v) is 21.1. The number of rotatable bonds is 7. The van der Waals surface area contributed by atoms with Crippen LogP contribution < -0.4 is 13.8 Å². The Bertz CT molecular complexity index is 1010. The summed E-state index contributed by atoms with van der Waals surface area (Å²) in [7, 11) is 0. The van der Waals surface area contributed by atoms with E-state index >= 15 is 0 Å². The van der Waals surface area contributed by atoms with Crippen molar-refractivity contribution < 1.29 is 39.7 Å². The Balaban J connectivity index is 1.82. The van der Waals surface area contributed by atoms with Crippen LogP contribution in [-0.2, 0) is 5.75 Å². The number of hydrogen-bond acceptors (Lipinski definition) is 7. The van der Waals surface area contributed by atoms with Crippen LogP contribution in [0.4, 0.5) is 36.6 Å². The van der Waals surface area contributed by atoms with Gasteiger partial charge in [0.1, 0.15) is 29.0 Å². The Morgan fingerprint density at radius 3 is 2.25 bits per heavy atom. The van der Waals surface area contributed by atoms with Crippen molar-refractivity contribution in [2.24, 2.45) is 0 Å². The molecule has 0 N–H and O–H groups in total. The minimum absolute atomic E-state index is 0.0988. The average Bonchev–Trinajstić information content (AvgIpc) is 2.75. The highest BCUT2D eigenvalue weighted by atomic mass is 32.2.